The van der Waals surface area contributed by atoms with Crippen LogP contribution in [0.3, 0.4) is 0 Å². The first-order valence-electron chi connectivity index (χ1n) is 10.0. The van der Waals surface area contributed by atoms with Crippen molar-refractivity contribution in [1.82, 2.24) is 10.2 Å². The number of aromatic nitrogens is 2. The number of rotatable bonds is 8. The Morgan fingerprint density at radius 1 is 0.788 bits per heavy atom. The van der Waals surface area contributed by atoms with Crippen LogP contribution in [0.2, 0.25) is 0 Å². The molecule has 0 aliphatic rings. The smallest absolute Gasteiger partial charge is 0.254 e. The second-order valence-corrected chi connectivity index (χ2v) is 6.92. The van der Waals surface area contributed by atoms with Crippen LogP contribution in [0.4, 0.5) is 0 Å². The summed E-state index contributed by atoms with van der Waals surface area (Å²) in [5.74, 6) is 2.77. The number of hydrogen-bond donors (Lipinski definition) is 0. The van der Waals surface area contributed by atoms with Crippen molar-refractivity contribution in [2.45, 2.75) is 6.61 Å². The molecule has 0 atom stereocenters. The van der Waals surface area contributed by atoms with E-state index in [0.717, 1.165) is 11.1 Å². The molecule has 0 fully saturated rings. The highest BCUT2D eigenvalue weighted by Crippen LogP contribution is 2.40. The van der Waals surface area contributed by atoms with Gasteiger partial charge >= 0.3 is 0 Å². The van der Waals surface area contributed by atoms with Gasteiger partial charge in [0.05, 0.1) is 33.0 Å². The normalized spacial score (nSPS) is 10.4. The molecule has 166 valence electrons. The molecule has 4 aromatic rings. The number of methoxy groups -OCH3 is 3. The van der Waals surface area contributed by atoms with Gasteiger partial charge in [0.2, 0.25) is 11.6 Å². The molecule has 0 bridgehead atoms. The molecule has 0 amide bonds. The minimum absolute atomic E-state index is 0.119. The van der Waals surface area contributed by atoms with Crippen LogP contribution in [-0.2, 0) is 6.61 Å². The first-order valence-corrected chi connectivity index (χ1v) is 10.0. The van der Waals surface area contributed by atoms with E-state index in [1.165, 1.54) is 0 Å². The molecule has 33 heavy (non-hydrogen) atoms. The number of benzene rings is 3. The summed E-state index contributed by atoms with van der Waals surface area (Å²) < 4.78 is 27.6. The Labute approximate surface area is 190 Å². The SMILES string of the molecule is COc1cc(-c2nnc(COc3ccc(-c4ccc(C#N)cc4)cc3)o2)cc(OC)c1OC. The molecule has 1 heterocycles. The monoisotopic (exact) mass is 443 g/mol. The van der Waals surface area contributed by atoms with Crippen molar-refractivity contribution in [3.8, 4) is 51.6 Å². The Kier molecular flexibility index (Phi) is 6.41. The quantitative estimate of drug-likeness (QED) is 0.380. The molecule has 0 saturated heterocycles. The summed E-state index contributed by atoms with van der Waals surface area (Å²) in [4.78, 5) is 0. The molecule has 0 N–H and O–H groups in total. The molecule has 0 aliphatic heterocycles. The van der Waals surface area contributed by atoms with Gasteiger partial charge in [0, 0.05) is 5.56 Å². The van der Waals surface area contributed by atoms with Crippen molar-refractivity contribution in [2.24, 2.45) is 0 Å². The average Bonchev–Trinajstić information content (AvgIpc) is 3.36. The zero-order chi connectivity index (χ0) is 23.2. The number of nitrogens with zero attached hydrogens (tertiary/aromatic N) is 3. The molecule has 0 aliphatic carbocycles. The van der Waals surface area contributed by atoms with Gasteiger partial charge in [-0.1, -0.05) is 24.3 Å². The van der Waals surface area contributed by atoms with Gasteiger partial charge in [-0.3, -0.25) is 0 Å². The van der Waals surface area contributed by atoms with E-state index in [2.05, 4.69) is 16.3 Å². The topological polar surface area (TPSA) is 99.6 Å². The molecule has 8 nitrogen and oxygen atoms in total. The van der Waals surface area contributed by atoms with Gasteiger partial charge in [-0.2, -0.15) is 5.26 Å². The van der Waals surface area contributed by atoms with Crippen LogP contribution in [-0.4, -0.2) is 31.5 Å². The van der Waals surface area contributed by atoms with Crippen molar-refractivity contribution < 1.29 is 23.4 Å². The van der Waals surface area contributed by atoms with Gasteiger partial charge in [0.25, 0.3) is 5.89 Å². The zero-order valence-electron chi connectivity index (χ0n) is 18.4. The van der Waals surface area contributed by atoms with Crippen LogP contribution >= 0.6 is 0 Å². The van der Waals surface area contributed by atoms with Crippen LogP contribution in [0.25, 0.3) is 22.6 Å². The second-order valence-electron chi connectivity index (χ2n) is 6.92. The number of ether oxygens (including phenoxy) is 4. The summed E-state index contributed by atoms with van der Waals surface area (Å²) in [5.41, 5.74) is 3.31. The average molecular weight is 443 g/mol. The third kappa shape index (κ3) is 4.72. The minimum atomic E-state index is 0.119. The summed E-state index contributed by atoms with van der Waals surface area (Å²) >= 11 is 0. The summed E-state index contributed by atoms with van der Waals surface area (Å²) in [7, 11) is 4.63. The lowest BCUT2D eigenvalue weighted by Gasteiger charge is -2.12. The number of nitriles is 1. The molecular weight excluding hydrogens is 422 g/mol. The van der Waals surface area contributed by atoms with Gasteiger partial charge in [-0.15, -0.1) is 10.2 Å². The summed E-state index contributed by atoms with van der Waals surface area (Å²) in [6.07, 6.45) is 0. The molecule has 3 aromatic carbocycles. The van der Waals surface area contributed by atoms with Crippen molar-refractivity contribution in [3.63, 3.8) is 0 Å². The fourth-order valence-corrected chi connectivity index (χ4v) is 3.26. The van der Waals surface area contributed by atoms with Gasteiger partial charge < -0.3 is 23.4 Å². The fourth-order valence-electron chi connectivity index (χ4n) is 3.26. The van der Waals surface area contributed by atoms with Crippen LogP contribution in [0.1, 0.15) is 11.5 Å². The highest BCUT2D eigenvalue weighted by Gasteiger charge is 2.17. The molecule has 4 rings (SSSR count). The van der Waals surface area contributed by atoms with Crippen LogP contribution in [0.5, 0.6) is 23.0 Å². The van der Waals surface area contributed by atoms with E-state index in [4.69, 9.17) is 28.6 Å². The van der Waals surface area contributed by atoms with Crippen LogP contribution < -0.4 is 18.9 Å². The first kappa shape index (κ1) is 21.7. The van der Waals surface area contributed by atoms with Gasteiger partial charge in [-0.05, 0) is 47.5 Å². The fraction of sp³-hybridized carbons (Fsp3) is 0.160. The molecule has 0 saturated carbocycles. The Hall–Kier alpha value is -4.51. The Morgan fingerprint density at radius 3 is 1.94 bits per heavy atom. The zero-order valence-corrected chi connectivity index (χ0v) is 18.4. The predicted molar refractivity (Wildman–Crippen MR) is 120 cm³/mol. The highest BCUT2D eigenvalue weighted by atomic mass is 16.5. The second kappa shape index (κ2) is 9.75. The lowest BCUT2D eigenvalue weighted by atomic mass is 10.0. The molecule has 0 unspecified atom stereocenters. The third-order valence-electron chi connectivity index (χ3n) is 4.94. The summed E-state index contributed by atoms with van der Waals surface area (Å²) in [5, 5.41) is 17.1. The maximum absolute atomic E-state index is 8.92. The minimum Gasteiger partial charge on any atom is -0.493 e. The maximum atomic E-state index is 8.92. The van der Waals surface area contributed by atoms with Crippen molar-refractivity contribution in [2.75, 3.05) is 21.3 Å². The van der Waals surface area contributed by atoms with Gasteiger partial charge in [0.15, 0.2) is 18.1 Å². The summed E-state index contributed by atoms with van der Waals surface area (Å²) in [6, 6.07) is 20.6. The molecule has 0 spiro atoms. The molecule has 0 radical (unpaired) electrons. The van der Waals surface area contributed by atoms with Gasteiger partial charge in [0.1, 0.15) is 5.75 Å². The van der Waals surface area contributed by atoms with E-state index in [1.807, 2.05) is 36.4 Å². The Morgan fingerprint density at radius 2 is 1.39 bits per heavy atom. The van der Waals surface area contributed by atoms with E-state index >= 15 is 0 Å². The van der Waals surface area contributed by atoms with Crippen molar-refractivity contribution in [3.05, 3.63) is 72.1 Å². The van der Waals surface area contributed by atoms with E-state index in [-0.39, 0.29) is 6.61 Å². The third-order valence-corrected chi connectivity index (χ3v) is 4.94. The lowest BCUT2D eigenvalue weighted by Crippen LogP contribution is -1.96. The van der Waals surface area contributed by atoms with Crippen LogP contribution in [0.15, 0.2) is 65.1 Å². The van der Waals surface area contributed by atoms with E-state index in [9.17, 15) is 0 Å². The molecular formula is C25H21N3O5. The van der Waals surface area contributed by atoms with Crippen LogP contribution in [0, 0.1) is 11.3 Å². The highest BCUT2D eigenvalue weighted by molar-refractivity contribution is 5.66. The first-order chi connectivity index (χ1) is 16.1. The standard InChI is InChI=1S/C25H21N3O5/c1-29-21-12-19(13-22(30-2)24(21)31-3)25-28-27-23(33-25)15-32-20-10-8-18(9-11-20)17-6-4-16(14-26)5-7-17/h4-13H,15H2,1-3H3. The predicted octanol–water partition coefficient (Wildman–Crippen LogP) is 4.88. The summed E-state index contributed by atoms with van der Waals surface area (Å²) in [6.45, 7) is 0.119. The van der Waals surface area contributed by atoms with Crippen molar-refractivity contribution >= 4 is 0 Å². The Bertz CT molecular complexity index is 1250. The lowest BCUT2D eigenvalue weighted by molar-refractivity contribution is 0.264. The van der Waals surface area contributed by atoms with Crippen molar-refractivity contribution in [1.29, 1.82) is 5.26 Å². The molecule has 1 aromatic heterocycles. The largest absolute Gasteiger partial charge is 0.493 e. The molecule has 8 heteroatoms. The van der Waals surface area contributed by atoms with E-state index < -0.39 is 0 Å². The maximum Gasteiger partial charge on any atom is 0.254 e. The van der Waals surface area contributed by atoms with E-state index in [1.54, 1.807) is 45.6 Å². The van der Waals surface area contributed by atoms with E-state index in [0.29, 0.717) is 45.9 Å². The van der Waals surface area contributed by atoms with Gasteiger partial charge in [-0.25, -0.2) is 0 Å². The number of hydrogen-bond acceptors (Lipinski definition) is 8. The Balaban J connectivity index is 1.44.